The molecule has 0 unspecified atom stereocenters. The molecule has 1 aromatic rings. The molecule has 0 N–H and O–H groups in total. The Morgan fingerprint density at radius 3 is 2.50 bits per heavy atom. The van der Waals surface area contributed by atoms with E-state index in [0.29, 0.717) is 6.42 Å². The number of rotatable bonds is 12. The Morgan fingerprint density at radius 2 is 1.93 bits per heavy atom. The minimum Gasteiger partial charge on any atom is -0.359 e. The van der Waals surface area contributed by atoms with Gasteiger partial charge in [0.05, 0.1) is 11.5 Å². The number of carbonyl (C=O) groups excluding carboxylic acids is 1. The Bertz CT molecular complexity index is 707. The molecule has 0 spiro atoms. The second kappa shape index (κ2) is 11.8. The van der Waals surface area contributed by atoms with Crippen molar-refractivity contribution in [3.8, 4) is 0 Å². The Kier molecular flexibility index (Phi) is 9.78. The third-order valence-electron chi connectivity index (χ3n) is 5.75. The van der Waals surface area contributed by atoms with Crippen LogP contribution in [0.3, 0.4) is 0 Å². The number of benzene rings is 1. The molecule has 0 radical (unpaired) electrons. The van der Waals surface area contributed by atoms with Gasteiger partial charge in [0.1, 0.15) is 19.7 Å². The van der Waals surface area contributed by atoms with Crippen LogP contribution in [0.25, 0.3) is 0 Å². The highest BCUT2D eigenvalue weighted by Crippen LogP contribution is 2.50. The summed E-state index contributed by atoms with van der Waals surface area (Å²) in [6.07, 6.45) is 2.06. The largest absolute Gasteiger partial charge is 0.359 e. The lowest BCUT2D eigenvalue weighted by atomic mass is 9.64. The lowest BCUT2D eigenvalue weighted by molar-refractivity contribution is -0.176. The van der Waals surface area contributed by atoms with E-state index >= 15 is 0 Å². The van der Waals surface area contributed by atoms with Crippen LogP contribution in [-0.2, 0) is 23.7 Å². The van der Waals surface area contributed by atoms with Crippen molar-refractivity contribution < 1.29 is 23.7 Å². The first kappa shape index (κ1) is 24.8. The summed E-state index contributed by atoms with van der Waals surface area (Å²) in [6, 6.07) is 10.1. The van der Waals surface area contributed by atoms with Gasteiger partial charge in [-0.2, -0.15) is 0 Å². The first-order valence-electron chi connectivity index (χ1n) is 10.1. The standard InChI is InChI=1S/C24H34O5S/c1-7-11-20(28-15-26-5)24(4)21(30-18-12-9-8-10-13-18)14-19(17(2)3)22(23(24)25)29-16-27-6/h7-10,12-13,19-22H,1-2,11,14-16H2,3-6H3/t19-,20-,21+,22+,24-/m0/s1. The van der Waals surface area contributed by atoms with E-state index < -0.39 is 11.5 Å². The van der Waals surface area contributed by atoms with Crippen LogP contribution in [-0.4, -0.2) is 51.0 Å². The molecule has 30 heavy (non-hydrogen) atoms. The van der Waals surface area contributed by atoms with Crippen LogP contribution in [0.2, 0.25) is 0 Å². The zero-order valence-corrected chi connectivity index (χ0v) is 19.3. The Hall–Kier alpha value is -1.44. The van der Waals surface area contributed by atoms with E-state index in [2.05, 4.69) is 25.3 Å². The summed E-state index contributed by atoms with van der Waals surface area (Å²) < 4.78 is 22.2. The Balaban J connectivity index is 2.48. The molecule has 1 aliphatic carbocycles. The fourth-order valence-corrected chi connectivity index (χ4v) is 5.49. The molecule has 1 fully saturated rings. The maximum Gasteiger partial charge on any atom is 0.171 e. The van der Waals surface area contributed by atoms with Crippen LogP contribution in [0.5, 0.6) is 0 Å². The molecule has 0 heterocycles. The van der Waals surface area contributed by atoms with Gasteiger partial charge >= 0.3 is 0 Å². The highest BCUT2D eigenvalue weighted by molar-refractivity contribution is 8.00. The van der Waals surface area contributed by atoms with E-state index in [9.17, 15) is 4.79 Å². The van der Waals surface area contributed by atoms with Crippen molar-refractivity contribution in [3.63, 3.8) is 0 Å². The predicted molar refractivity (Wildman–Crippen MR) is 120 cm³/mol. The quantitative estimate of drug-likeness (QED) is 0.345. The van der Waals surface area contributed by atoms with Crippen LogP contribution < -0.4 is 0 Å². The molecule has 6 heteroatoms. The van der Waals surface area contributed by atoms with Gasteiger partial charge in [-0.05, 0) is 38.8 Å². The van der Waals surface area contributed by atoms with E-state index in [1.54, 1.807) is 32.1 Å². The molecule has 5 nitrogen and oxygen atoms in total. The smallest absolute Gasteiger partial charge is 0.171 e. The fourth-order valence-electron chi connectivity index (χ4n) is 4.03. The molecule has 1 saturated carbocycles. The van der Waals surface area contributed by atoms with Gasteiger partial charge < -0.3 is 18.9 Å². The maximum atomic E-state index is 14.0. The molecule has 1 aromatic carbocycles. The summed E-state index contributed by atoms with van der Waals surface area (Å²) in [4.78, 5) is 15.1. The highest BCUT2D eigenvalue weighted by Gasteiger charge is 2.56. The van der Waals surface area contributed by atoms with E-state index in [4.69, 9.17) is 18.9 Å². The van der Waals surface area contributed by atoms with Crippen molar-refractivity contribution in [2.45, 2.75) is 49.0 Å². The van der Waals surface area contributed by atoms with Crippen molar-refractivity contribution >= 4 is 17.5 Å². The summed E-state index contributed by atoms with van der Waals surface area (Å²) in [6.45, 7) is 12.1. The minimum atomic E-state index is -0.808. The summed E-state index contributed by atoms with van der Waals surface area (Å²) in [7, 11) is 3.13. The summed E-state index contributed by atoms with van der Waals surface area (Å²) in [5.41, 5.74) is 0.126. The van der Waals surface area contributed by atoms with Crippen molar-refractivity contribution in [3.05, 3.63) is 55.1 Å². The van der Waals surface area contributed by atoms with E-state index in [1.807, 2.05) is 32.0 Å². The van der Waals surface area contributed by atoms with Gasteiger partial charge in [-0.15, -0.1) is 18.3 Å². The molecule has 5 atom stereocenters. The third kappa shape index (κ3) is 5.62. The van der Waals surface area contributed by atoms with Crippen molar-refractivity contribution in [2.24, 2.45) is 11.3 Å². The first-order valence-corrected chi connectivity index (χ1v) is 11.0. The third-order valence-corrected chi connectivity index (χ3v) is 7.26. The van der Waals surface area contributed by atoms with Gasteiger partial charge in [-0.3, -0.25) is 4.79 Å². The Morgan fingerprint density at radius 1 is 1.27 bits per heavy atom. The van der Waals surface area contributed by atoms with Gasteiger partial charge in [0.25, 0.3) is 0 Å². The topological polar surface area (TPSA) is 54.0 Å². The SMILES string of the molecule is C=CC[C@H](OCOC)[C@]1(C)C(=O)[C@H](OCOC)[C@H](C(=C)C)C[C@H]1Sc1ccccc1. The van der Waals surface area contributed by atoms with E-state index in [0.717, 1.165) is 16.9 Å². The zero-order valence-electron chi connectivity index (χ0n) is 18.5. The van der Waals surface area contributed by atoms with Gasteiger partial charge in [0, 0.05) is 30.3 Å². The predicted octanol–water partition coefficient (Wildman–Crippen LogP) is 4.87. The van der Waals surface area contributed by atoms with Gasteiger partial charge in [-0.1, -0.05) is 36.4 Å². The number of ketones is 1. The van der Waals surface area contributed by atoms with Crippen LogP contribution in [0.15, 0.2) is 60.0 Å². The summed E-state index contributed by atoms with van der Waals surface area (Å²) >= 11 is 1.71. The molecule has 0 aromatic heterocycles. The Labute approximate surface area is 184 Å². The average Bonchev–Trinajstić information content (AvgIpc) is 2.74. The summed E-state index contributed by atoms with van der Waals surface area (Å²) in [5, 5.41) is -0.0294. The minimum absolute atomic E-state index is 0.00943. The van der Waals surface area contributed by atoms with E-state index in [1.165, 1.54) is 0 Å². The van der Waals surface area contributed by atoms with Crippen LogP contribution in [0.4, 0.5) is 0 Å². The van der Waals surface area contributed by atoms with Crippen LogP contribution in [0, 0.1) is 11.3 Å². The molecular formula is C24H34O5S. The number of methoxy groups -OCH3 is 2. The van der Waals surface area contributed by atoms with Crippen molar-refractivity contribution in [1.82, 2.24) is 0 Å². The molecular weight excluding hydrogens is 400 g/mol. The molecule has 1 aliphatic rings. The molecule has 2 rings (SSSR count). The van der Waals surface area contributed by atoms with Gasteiger partial charge in [0.15, 0.2) is 5.78 Å². The fraction of sp³-hybridized carbons (Fsp3) is 0.542. The maximum absolute atomic E-state index is 14.0. The number of thioether (sulfide) groups is 1. The number of Topliss-reactive ketones (excluding diaryl/α,β-unsaturated/α-hetero) is 1. The van der Waals surface area contributed by atoms with Crippen molar-refractivity contribution in [2.75, 3.05) is 27.8 Å². The van der Waals surface area contributed by atoms with Crippen LogP contribution >= 0.6 is 11.8 Å². The van der Waals surface area contributed by atoms with Crippen LogP contribution in [0.1, 0.15) is 26.7 Å². The van der Waals surface area contributed by atoms with Gasteiger partial charge in [-0.25, -0.2) is 0 Å². The number of hydrogen-bond donors (Lipinski definition) is 0. The first-order chi connectivity index (χ1) is 14.4. The second-order valence-electron chi connectivity index (χ2n) is 7.84. The normalized spacial score (nSPS) is 27.6. The summed E-state index contributed by atoms with van der Waals surface area (Å²) in [5.74, 6) is -0.0797. The molecule has 166 valence electrons. The number of hydrogen-bond acceptors (Lipinski definition) is 6. The van der Waals surface area contributed by atoms with Gasteiger partial charge in [0.2, 0.25) is 0 Å². The number of ether oxygens (including phenoxy) is 4. The molecule has 0 bridgehead atoms. The lowest BCUT2D eigenvalue weighted by Gasteiger charge is -2.49. The molecule has 0 amide bonds. The van der Waals surface area contributed by atoms with Crippen molar-refractivity contribution in [1.29, 1.82) is 0 Å². The second-order valence-corrected chi connectivity index (χ2v) is 9.11. The zero-order chi connectivity index (χ0) is 22.1. The van der Waals surface area contributed by atoms with E-state index in [-0.39, 0.29) is 36.6 Å². The average molecular weight is 435 g/mol. The molecule has 0 aliphatic heterocycles. The highest BCUT2D eigenvalue weighted by atomic mass is 32.2. The molecule has 0 saturated heterocycles. The lowest BCUT2D eigenvalue weighted by Crippen LogP contribution is -2.59. The monoisotopic (exact) mass is 434 g/mol. The number of carbonyl (C=O) groups is 1.